The van der Waals surface area contributed by atoms with Crippen LogP contribution in [-0.2, 0) is 0 Å². The predicted octanol–water partition coefficient (Wildman–Crippen LogP) is 1.63. The third-order valence-corrected chi connectivity index (χ3v) is 1.73. The van der Waals surface area contributed by atoms with Gasteiger partial charge in [0.15, 0.2) is 5.75 Å². The van der Waals surface area contributed by atoms with Crippen molar-refractivity contribution in [3.63, 3.8) is 0 Å². The van der Waals surface area contributed by atoms with Crippen LogP contribution in [0.1, 0.15) is 0 Å². The lowest BCUT2D eigenvalue weighted by Crippen LogP contribution is -2.04. The van der Waals surface area contributed by atoms with E-state index >= 15 is 0 Å². The van der Waals surface area contributed by atoms with Gasteiger partial charge in [0.05, 0.1) is 17.3 Å². The second-order valence-electron chi connectivity index (χ2n) is 2.75. The van der Waals surface area contributed by atoms with Crippen LogP contribution in [0.2, 0.25) is 0 Å². The molecule has 6 nitrogen and oxygen atoms in total. The highest BCUT2D eigenvalue weighted by molar-refractivity contribution is 5.35. The lowest BCUT2D eigenvalue weighted by Gasteiger charge is -2.02. The largest absolute Gasteiger partial charge is 0.358 e. The number of non-ortho nitro benzene ring substituents is 1. The Morgan fingerprint density at radius 2 is 2.07 bits per heavy atom. The van der Waals surface area contributed by atoms with Gasteiger partial charge in [0, 0.05) is 12.1 Å². The average molecular weight is 205 g/mol. The summed E-state index contributed by atoms with van der Waals surface area (Å²) in [5.74, 6) is 0.490. The zero-order valence-corrected chi connectivity index (χ0v) is 7.61. The molecule has 0 aliphatic heterocycles. The Bertz CT molecular complexity index is 450. The summed E-state index contributed by atoms with van der Waals surface area (Å²) in [6.07, 6.45) is 3.20. The predicted molar refractivity (Wildman–Crippen MR) is 51.3 cm³/mol. The smallest absolute Gasteiger partial charge is 0.269 e. The molecule has 76 valence electrons. The van der Waals surface area contributed by atoms with Crippen molar-refractivity contribution in [1.29, 1.82) is 0 Å². The maximum atomic E-state index is 10.4. The van der Waals surface area contributed by atoms with E-state index in [1.807, 2.05) is 0 Å². The summed E-state index contributed by atoms with van der Waals surface area (Å²) in [4.78, 5) is 16.4. The molecular weight excluding hydrogens is 198 g/mol. The second kappa shape index (κ2) is 3.79. The number of nitro benzene ring substituents is 1. The maximum absolute atomic E-state index is 10.4. The Balaban J connectivity index is 2.14. The molecule has 0 unspecified atom stereocenters. The monoisotopic (exact) mass is 205 g/mol. The van der Waals surface area contributed by atoms with E-state index in [2.05, 4.69) is 5.10 Å². The summed E-state index contributed by atoms with van der Waals surface area (Å²) in [7, 11) is 0. The van der Waals surface area contributed by atoms with Gasteiger partial charge in [0.25, 0.3) is 5.69 Å². The number of hydrogen-bond donors (Lipinski definition) is 0. The molecule has 0 spiro atoms. The summed E-state index contributed by atoms with van der Waals surface area (Å²) in [6, 6.07) is 7.49. The van der Waals surface area contributed by atoms with Crippen LogP contribution in [0.5, 0.6) is 5.75 Å². The first-order valence-corrected chi connectivity index (χ1v) is 4.18. The molecule has 0 bridgehead atoms. The summed E-state index contributed by atoms with van der Waals surface area (Å²) >= 11 is 0. The SMILES string of the molecule is O=[N+]([O-])c1ccc(On2cccn2)cc1. The fourth-order valence-corrected chi connectivity index (χ4v) is 1.05. The van der Waals surface area contributed by atoms with E-state index in [9.17, 15) is 10.1 Å². The molecule has 0 saturated heterocycles. The van der Waals surface area contributed by atoms with Crippen LogP contribution in [-0.4, -0.2) is 14.9 Å². The van der Waals surface area contributed by atoms with Crippen molar-refractivity contribution in [3.05, 3.63) is 52.8 Å². The van der Waals surface area contributed by atoms with Crippen molar-refractivity contribution in [2.45, 2.75) is 0 Å². The minimum Gasteiger partial charge on any atom is -0.358 e. The number of rotatable bonds is 3. The molecule has 0 N–H and O–H groups in total. The number of aromatic nitrogens is 2. The number of nitrogens with zero attached hydrogens (tertiary/aromatic N) is 3. The number of benzene rings is 1. The molecule has 2 rings (SSSR count). The first kappa shape index (κ1) is 9.20. The minimum atomic E-state index is -0.461. The summed E-state index contributed by atoms with van der Waals surface area (Å²) in [5, 5.41) is 14.2. The first-order valence-electron chi connectivity index (χ1n) is 4.18. The lowest BCUT2D eigenvalue weighted by atomic mass is 10.3. The van der Waals surface area contributed by atoms with Crippen LogP contribution >= 0.6 is 0 Å². The second-order valence-corrected chi connectivity index (χ2v) is 2.75. The fourth-order valence-electron chi connectivity index (χ4n) is 1.05. The van der Waals surface area contributed by atoms with Gasteiger partial charge in [0.2, 0.25) is 0 Å². The van der Waals surface area contributed by atoms with Gasteiger partial charge in [-0.2, -0.15) is 0 Å². The Hall–Kier alpha value is -2.37. The maximum Gasteiger partial charge on any atom is 0.269 e. The molecule has 0 fully saturated rings. The van der Waals surface area contributed by atoms with Gasteiger partial charge in [-0.1, -0.05) is 0 Å². The molecule has 0 aliphatic carbocycles. The minimum absolute atomic E-state index is 0.0304. The molecular formula is C9H7N3O3. The van der Waals surface area contributed by atoms with Crippen molar-refractivity contribution in [1.82, 2.24) is 9.94 Å². The molecule has 2 aromatic rings. The van der Waals surface area contributed by atoms with Crippen molar-refractivity contribution >= 4 is 5.69 Å². The van der Waals surface area contributed by atoms with E-state index in [-0.39, 0.29) is 5.69 Å². The zero-order chi connectivity index (χ0) is 10.7. The quantitative estimate of drug-likeness (QED) is 0.564. The van der Waals surface area contributed by atoms with Gasteiger partial charge >= 0.3 is 0 Å². The van der Waals surface area contributed by atoms with E-state index in [1.54, 1.807) is 18.5 Å². The molecule has 0 radical (unpaired) electrons. The fraction of sp³-hybridized carbons (Fsp3) is 0. The van der Waals surface area contributed by atoms with Gasteiger partial charge < -0.3 is 4.84 Å². The molecule has 1 aromatic carbocycles. The van der Waals surface area contributed by atoms with Gasteiger partial charge in [-0.3, -0.25) is 10.1 Å². The van der Waals surface area contributed by atoms with Gasteiger partial charge in [-0.25, -0.2) is 0 Å². The van der Waals surface area contributed by atoms with Gasteiger partial charge in [0.1, 0.15) is 0 Å². The average Bonchev–Trinajstić information content (AvgIpc) is 2.71. The molecule has 1 heterocycles. The zero-order valence-electron chi connectivity index (χ0n) is 7.61. The van der Waals surface area contributed by atoms with E-state index in [0.29, 0.717) is 5.75 Å². The topological polar surface area (TPSA) is 70.2 Å². The van der Waals surface area contributed by atoms with Crippen molar-refractivity contribution in [2.75, 3.05) is 0 Å². The normalized spacial score (nSPS) is 9.87. The van der Waals surface area contributed by atoms with E-state index in [0.717, 1.165) is 0 Å². The highest BCUT2D eigenvalue weighted by Crippen LogP contribution is 2.17. The molecule has 0 saturated carbocycles. The Kier molecular flexibility index (Phi) is 2.32. The van der Waals surface area contributed by atoms with Crippen LogP contribution < -0.4 is 4.84 Å². The third kappa shape index (κ3) is 2.11. The highest BCUT2D eigenvalue weighted by Gasteiger charge is 2.04. The van der Waals surface area contributed by atoms with Crippen molar-refractivity contribution < 1.29 is 9.76 Å². The molecule has 0 atom stereocenters. The van der Waals surface area contributed by atoms with Crippen LogP contribution in [0.15, 0.2) is 42.7 Å². The first-order chi connectivity index (χ1) is 7.25. The Morgan fingerprint density at radius 1 is 1.33 bits per heavy atom. The summed E-state index contributed by atoms with van der Waals surface area (Å²) in [5.41, 5.74) is 0.0304. The van der Waals surface area contributed by atoms with Crippen LogP contribution in [0.3, 0.4) is 0 Å². The van der Waals surface area contributed by atoms with Crippen LogP contribution in [0.4, 0.5) is 5.69 Å². The number of hydrogen-bond acceptors (Lipinski definition) is 4. The van der Waals surface area contributed by atoms with Gasteiger partial charge in [-0.05, 0) is 18.2 Å². The molecule has 15 heavy (non-hydrogen) atoms. The van der Waals surface area contributed by atoms with Crippen molar-refractivity contribution in [3.8, 4) is 5.75 Å². The van der Waals surface area contributed by atoms with E-state index in [1.165, 1.54) is 29.1 Å². The lowest BCUT2D eigenvalue weighted by molar-refractivity contribution is -0.384. The Morgan fingerprint density at radius 3 is 2.60 bits per heavy atom. The van der Waals surface area contributed by atoms with E-state index < -0.39 is 4.92 Å². The standard InChI is InChI=1S/C9H7N3O3/c13-12(14)8-2-4-9(5-3-8)15-11-7-1-6-10-11/h1-7H. The highest BCUT2D eigenvalue weighted by atomic mass is 16.7. The van der Waals surface area contributed by atoms with Crippen molar-refractivity contribution in [2.24, 2.45) is 0 Å². The summed E-state index contributed by atoms with van der Waals surface area (Å²) in [6.45, 7) is 0. The molecule has 6 heteroatoms. The van der Waals surface area contributed by atoms with Gasteiger partial charge in [-0.15, -0.1) is 9.94 Å². The molecule has 0 aliphatic rings. The summed E-state index contributed by atoms with van der Waals surface area (Å²) < 4.78 is 0. The van der Waals surface area contributed by atoms with Crippen LogP contribution in [0, 0.1) is 10.1 Å². The molecule has 0 amide bonds. The Labute approximate surface area is 84.8 Å². The third-order valence-electron chi connectivity index (χ3n) is 1.73. The number of nitro groups is 1. The molecule has 1 aromatic heterocycles. The van der Waals surface area contributed by atoms with E-state index in [4.69, 9.17) is 4.84 Å². The van der Waals surface area contributed by atoms with Crippen LogP contribution in [0.25, 0.3) is 0 Å².